The van der Waals surface area contributed by atoms with E-state index < -0.39 is 30.2 Å². The Morgan fingerprint density at radius 2 is 1.73 bits per heavy atom. The highest BCUT2D eigenvalue weighted by Gasteiger charge is 2.21. The molecule has 2 aromatic heterocycles. The quantitative estimate of drug-likeness (QED) is 0.446. The van der Waals surface area contributed by atoms with E-state index in [0.717, 1.165) is 10.2 Å². The molecule has 0 radical (unpaired) electrons. The standard InChI is InChI=1S/C20H15FN4O5/c1-12(17-22-23-18(29-17)13-5-3-2-4-6-13)28-16(26)11-25-20(27)30-19(24-25)14-7-9-15(21)10-8-14/h2-10,12H,11H2,1H3/t12-/m0/s1. The van der Waals surface area contributed by atoms with E-state index in [-0.39, 0.29) is 11.8 Å². The first-order valence-electron chi connectivity index (χ1n) is 8.92. The molecule has 0 spiro atoms. The van der Waals surface area contributed by atoms with Crippen LogP contribution in [0.1, 0.15) is 18.9 Å². The van der Waals surface area contributed by atoms with Gasteiger partial charge in [0, 0.05) is 11.1 Å². The number of nitrogens with zero attached hydrogens (tertiary/aromatic N) is 4. The van der Waals surface area contributed by atoms with Crippen LogP contribution in [0.15, 0.2) is 68.2 Å². The van der Waals surface area contributed by atoms with Crippen LogP contribution in [0.4, 0.5) is 4.39 Å². The molecule has 2 aromatic carbocycles. The van der Waals surface area contributed by atoms with Crippen molar-refractivity contribution in [2.75, 3.05) is 0 Å². The molecule has 0 aliphatic heterocycles. The van der Waals surface area contributed by atoms with Gasteiger partial charge in [0.05, 0.1) is 0 Å². The van der Waals surface area contributed by atoms with E-state index in [4.69, 9.17) is 13.6 Å². The van der Waals surface area contributed by atoms with Crippen LogP contribution in [0.25, 0.3) is 22.9 Å². The minimum atomic E-state index is -0.844. The topological polar surface area (TPSA) is 113 Å². The maximum absolute atomic E-state index is 13.0. The van der Waals surface area contributed by atoms with Gasteiger partial charge >= 0.3 is 11.7 Å². The summed E-state index contributed by atoms with van der Waals surface area (Å²) < 4.78 is 29.6. The summed E-state index contributed by atoms with van der Waals surface area (Å²) in [6, 6.07) is 14.4. The highest BCUT2D eigenvalue weighted by Crippen LogP contribution is 2.22. The first-order chi connectivity index (χ1) is 14.5. The van der Waals surface area contributed by atoms with Crippen molar-refractivity contribution in [3.8, 4) is 22.9 Å². The molecule has 10 heteroatoms. The van der Waals surface area contributed by atoms with Crippen LogP contribution < -0.4 is 5.76 Å². The summed E-state index contributed by atoms with van der Waals surface area (Å²) in [7, 11) is 0. The fraction of sp³-hybridized carbons (Fsp3) is 0.150. The molecule has 1 atom stereocenters. The fourth-order valence-electron chi connectivity index (χ4n) is 2.62. The summed E-state index contributed by atoms with van der Waals surface area (Å²) in [6.45, 7) is 1.09. The summed E-state index contributed by atoms with van der Waals surface area (Å²) in [4.78, 5) is 24.2. The first-order valence-corrected chi connectivity index (χ1v) is 8.92. The third-order valence-electron chi connectivity index (χ3n) is 4.09. The molecule has 2 heterocycles. The lowest BCUT2D eigenvalue weighted by molar-refractivity contribution is -0.150. The summed E-state index contributed by atoms with van der Waals surface area (Å²) in [6.07, 6.45) is -0.832. The van der Waals surface area contributed by atoms with E-state index in [0.29, 0.717) is 11.5 Å². The molecule has 0 fully saturated rings. The summed E-state index contributed by atoms with van der Waals surface area (Å²) in [5, 5.41) is 11.8. The average Bonchev–Trinajstić information content (AvgIpc) is 3.37. The number of hydrogen-bond donors (Lipinski definition) is 0. The number of ether oxygens (including phenoxy) is 1. The molecule has 4 rings (SSSR count). The molecule has 152 valence electrons. The van der Waals surface area contributed by atoms with Crippen LogP contribution in [-0.4, -0.2) is 25.9 Å². The molecular weight excluding hydrogens is 395 g/mol. The number of aromatic nitrogens is 4. The molecule has 0 amide bonds. The summed E-state index contributed by atoms with van der Waals surface area (Å²) in [5.74, 6) is -1.65. The maximum Gasteiger partial charge on any atom is 0.437 e. The molecule has 0 unspecified atom stereocenters. The number of carbonyl (C=O) groups excluding carboxylic acids is 1. The van der Waals surface area contributed by atoms with Gasteiger partial charge in [0.25, 0.3) is 5.89 Å². The van der Waals surface area contributed by atoms with Gasteiger partial charge in [0.15, 0.2) is 6.10 Å². The lowest BCUT2D eigenvalue weighted by Crippen LogP contribution is -2.23. The van der Waals surface area contributed by atoms with Crippen molar-refractivity contribution >= 4 is 5.97 Å². The first kappa shape index (κ1) is 19.2. The van der Waals surface area contributed by atoms with Gasteiger partial charge in [-0.25, -0.2) is 9.18 Å². The molecule has 9 nitrogen and oxygen atoms in total. The largest absolute Gasteiger partial charge is 0.451 e. The van der Waals surface area contributed by atoms with Gasteiger partial charge in [-0.1, -0.05) is 18.2 Å². The van der Waals surface area contributed by atoms with E-state index >= 15 is 0 Å². The van der Waals surface area contributed by atoms with Crippen LogP contribution in [0.2, 0.25) is 0 Å². The third-order valence-corrected chi connectivity index (χ3v) is 4.09. The number of carbonyl (C=O) groups is 1. The van der Waals surface area contributed by atoms with Gasteiger partial charge in [0.1, 0.15) is 12.4 Å². The fourth-order valence-corrected chi connectivity index (χ4v) is 2.62. The molecule has 30 heavy (non-hydrogen) atoms. The molecular formula is C20H15FN4O5. The number of rotatable bonds is 6. The smallest absolute Gasteiger partial charge is 0.437 e. The molecule has 0 aliphatic carbocycles. The molecule has 0 saturated heterocycles. The highest BCUT2D eigenvalue weighted by atomic mass is 19.1. The van der Waals surface area contributed by atoms with Crippen molar-refractivity contribution in [2.24, 2.45) is 0 Å². The predicted molar refractivity (Wildman–Crippen MR) is 100 cm³/mol. The Balaban J connectivity index is 1.42. The van der Waals surface area contributed by atoms with E-state index in [9.17, 15) is 14.0 Å². The van der Waals surface area contributed by atoms with Crippen LogP contribution in [0.5, 0.6) is 0 Å². The summed E-state index contributed by atoms with van der Waals surface area (Å²) in [5.41, 5.74) is 1.13. The molecule has 4 aromatic rings. The van der Waals surface area contributed by atoms with Crippen LogP contribution in [0, 0.1) is 5.82 Å². The van der Waals surface area contributed by atoms with E-state index in [2.05, 4.69) is 15.3 Å². The van der Waals surface area contributed by atoms with Crippen molar-refractivity contribution in [3.63, 3.8) is 0 Å². The minimum Gasteiger partial charge on any atom is -0.451 e. The Kier molecular flexibility index (Phi) is 5.21. The Bertz CT molecular complexity index is 1210. The SMILES string of the molecule is C[C@H](OC(=O)Cn1nc(-c2ccc(F)cc2)oc1=O)c1nnc(-c2ccccc2)o1. The molecule has 0 saturated carbocycles. The minimum absolute atomic E-state index is 0.0368. The summed E-state index contributed by atoms with van der Waals surface area (Å²) >= 11 is 0. The number of hydrogen-bond acceptors (Lipinski definition) is 8. The predicted octanol–water partition coefficient (Wildman–Crippen LogP) is 3.00. The lowest BCUT2D eigenvalue weighted by Gasteiger charge is -2.08. The van der Waals surface area contributed by atoms with Crippen LogP contribution >= 0.6 is 0 Å². The van der Waals surface area contributed by atoms with Gasteiger partial charge in [-0.05, 0) is 43.3 Å². The second kappa shape index (κ2) is 8.11. The second-order valence-electron chi connectivity index (χ2n) is 6.28. The zero-order valence-electron chi connectivity index (χ0n) is 15.7. The lowest BCUT2D eigenvalue weighted by atomic mass is 10.2. The van der Waals surface area contributed by atoms with Gasteiger partial charge in [-0.3, -0.25) is 4.79 Å². The number of esters is 1. The Labute approximate surface area is 168 Å². The Hall–Kier alpha value is -4.08. The van der Waals surface area contributed by atoms with Gasteiger partial charge in [0.2, 0.25) is 11.8 Å². The van der Waals surface area contributed by atoms with E-state index in [1.807, 2.05) is 30.3 Å². The van der Waals surface area contributed by atoms with Crippen molar-refractivity contribution in [1.82, 2.24) is 20.0 Å². The van der Waals surface area contributed by atoms with E-state index in [1.165, 1.54) is 24.3 Å². The normalized spacial score (nSPS) is 11.9. The van der Waals surface area contributed by atoms with Crippen LogP contribution in [0.3, 0.4) is 0 Å². The zero-order chi connectivity index (χ0) is 21.1. The Morgan fingerprint density at radius 3 is 2.47 bits per heavy atom. The molecule has 0 N–H and O–H groups in total. The third kappa shape index (κ3) is 4.17. The monoisotopic (exact) mass is 410 g/mol. The van der Waals surface area contributed by atoms with Gasteiger partial charge < -0.3 is 13.6 Å². The Morgan fingerprint density at radius 1 is 1.03 bits per heavy atom. The van der Waals surface area contributed by atoms with E-state index in [1.54, 1.807) is 6.92 Å². The van der Waals surface area contributed by atoms with Crippen molar-refractivity contribution in [2.45, 2.75) is 19.6 Å². The average molecular weight is 410 g/mol. The van der Waals surface area contributed by atoms with Gasteiger partial charge in [-0.15, -0.1) is 15.3 Å². The maximum atomic E-state index is 13.0. The molecule has 0 aliphatic rings. The van der Waals surface area contributed by atoms with Crippen molar-refractivity contribution < 1.29 is 22.8 Å². The van der Waals surface area contributed by atoms with Gasteiger partial charge in [-0.2, -0.15) is 4.68 Å². The number of benzene rings is 2. The number of halogens is 1. The zero-order valence-corrected chi connectivity index (χ0v) is 15.7. The molecule has 0 bridgehead atoms. The highest BCUT2D eigenvalue weighted by molar-refractivity contribution is 5.69. The van der Waals surface area contributed by atoms with Crippen molar-refractivity contribution in [1.29, 1.82) is 0 Å². The van der Waals surface area contributed by atoms with Crippen LogP contribution in [-0.2, 0) is 16.1 Å². The second-order valence-corrected chi connectivity index (χ2v) is 6.28. The van der Waals surface area contributed by atoms with Crippen molar-refractivity contribution in [3.05, 3.63) is 76.9 Å².